The first-order valence-corrected chi connectivity index (χ1v) is 32.9. The fourth-order valence-electron chi connectivity index (χ4n) is 10.8. The number of carbonyl (C=O) groups excluding carboxylic acids is 11. The lowest BCUT2D eigenvalue weighted by Crippen LogP contribution is -2.67. The number of hydrogen-bond donors (Lipinski definition) is 5. The van der Waals surface area contributed by atoms with E-state index in [1.807, 2.05) is 0 Å². The molecule has 0 unspecified atom stereocenters. The smallest absolute Gasteiger partial charge is 0.463 e. The number of phosphoric acid groups is 1. The topological polar surface area (TPSA) is 381 Å². The van der Waals surface area contributed by atoms with Gasteiger partial charge in [-0.1, -0.05) is 13.8 Å². The molecule has 92 heavy (non-hydrogen) atoms. The summed E-state index contributed by atoms with van der Waals surface area (Å²) in [5, 5.41) is 10.8. The van der Waals surface area contributed by atoms with Gasteiger partial charge in [-0.3, -0.25) is 61.5 Å². The van der Waals surface area contributed by atoms with Gasteiger partial charge in [-0.15, -0.1) is 0 Å². The molecule has 4 aliphatic heterocycles. The van der Waals surface area contributed by atoms with E-state index in [9.17, 15) is 52.5 Å². The van der Waals surface area contributed by atoms with Crippen LogP contribution in [0.25, 0.3) is 0 Å². The van der Waals surface area contributed by atoms with Crippen LogP contribution in [0, 0.1) is 5.92 Å². The van der Waals surface area contributed by atoms with Gasteiger partial charge < -0.3 is 74.9 Å². The molecule has 30 nitrogen and oxygen atoms in total. The summed E-state index contributed by atoms with van der Waals surface area (Å²) >= 11 is 0. The Bertz CT molecular complexity index is 2670. The Hall–Kier alpha value is -5.88. The lowest BCUT2D eigenvalue weighted by atomic mass is 9.95. The van der Waals surface area contributed by atoms with E-state index in [1.54, 1.807) is 96.9 Å². The Morgan fingerprint density at radius 1 is 0.598 bits per heavy atom. The van der Waals surface area contributed by atoms with Crippen molar-refractivity contribution in [1.82, 2.24) is 36.0 Å². The average molecular weight is 1330 g/mol. The quantitative estimate of drug-likeness (QED) is 0.0448. The molecule has 7 amide bonds. The molecule has 4 rings (SSSR count). The highest BCUT2D eigenvalue weighted by atomic mass is 31.2. The number of likely N-dealkylation sites (tertiary alicyclic amines) is 3. The van der Waals surface area contributed by atoms with Crippen LogP contribution in [0.1, 0.15) is 176 Å². The van der Waals surface area contributed by atoms with Crippen LogP contribution in [0.15, 0.2) is 0 Å². The first kappa shape index (κ1) is 78.6. The molecule has 0 aliphatic carbocycles. The van der Waals surface area contributed by atoms with Crippen molar-refractivity contribution >= 4 is 73.1 Å². The van der Waals surface area contributed by atoms with Crippen molar-refractivity contribution in [2.75, 3.05) is 39.5 Å². The fourth-order valence-corrected chi connectivity index (χ4v) is 12.7. The molecule has 0 radical (unpaired) electrons. The fraction of sp³-hybridized carbons (Fsp3) is 0.820. The van der Waals surface area contributed by atoms with Gasteiger partial charge in [-0.2, -0.15) is 0 Å². The van der Waals surface area contributed by atoms with Crippen molar-refractivity contribution in [3.8, 4) is 0 Å². The van der Waals surface area contributed by atoms with Crippen LogP contribution < -0.4 is 27.0 Å². The molecule has 0 aromatic rings. The number of nitrogens with zero attached hydrogens (tertiary/aromatic N) is 3. The molecule has 4 fully saturated rings. The second-order valence-electron chi connectivity index (χ2n) is 28.1. The number of amides is 7. The van der Waals surface area contributed by atoms with Gasteiger partial charge in [0.05, 0.1) is 36.1 Å². The van der Waals surface area contributed by atoms with Crippen LogP contribution in [-0.4, -0.2) is 221 Å². The summed E-state index contributed by atoms with van der Waals surface area (Å²) in [7, 11) is -4.57. The van der Waals surface area contributed by atoms with E-state index in [0.29, 0.717) is 19.3 Å². The predicted molar refractivity (Wildman–Crippen MR) is 329 cm³/mol. The van der Waals surface area contributed by atoms with Crippen LogP contribution in [0.3, 0.4) is 0 Å². The monoisotopic (exact) mass is 1330 g/mol. The number of carbonyl (C=O) groups is 11. The lowest BCUT2D eigenvalue weighted by molar-refractivity contribution is -0.287. The van der Waals surface area contributed by atoms with E-state index < -0.39 is 188 Å². The Kier molecular flexibility index (Phi) is 28.2. The first-order chi connectivity index (χ1) is 42.3. The second kappa shape index (κ2) is 33.0. The van der Waals surface area contributed by atoms with Crippen molar-refractivity contribution < 1.29 is 104 Å². The largest absolute Gasteiger partial charge is 0.475 e. The second-order valence-corrected chi connectivity index (χ2v) is 29.6. The van der Waals surface area contributed by atoms with E-state index in [0.717, 1.165) is 27.7 Å². The van der Waals surface area contributed by atoms with Crippen LogP contribution >= 0.6 is 7.82 Å². The highest BCUT2D eigenvalue weighted by Gasteiger charge is 2.53. The minimum atomic E-state index is -4.57. The van der Waals surface area contributed by atoms with Crippen molar-refractivity contribution in [3.05, 3.63) is 0 Å². The normalized spacial score (nSPS) is 23.9. The summed E-state index contributed by atoms with van der Waals surface area (Å²) < 4.78 is 72.2. The Labute approximate surface area is 540 Å². The molecule has 4 heterocycles. The molecule has 0 saturated carbocycles. The van der Waals surface area contributed by atoms with Gasteiger partial charge in [0.2, 0.25) is 41.4 Å². The summed E-state index contributed by atoms with van der Waals surface area (Å²) in [6.45, 7) is 28.1. The van der Waals surface area contributed by atoms with E-state index in [1.165, 1.54) is 21.6 Å². The van der Waals surface area contributed by atoms with Crippen molar-refractivity contribution in [1.29, 1.82) is 0 Å². The van der Waals surface area contributed by atoms with Gasteiger partial charge >= 0.3 is 31.7 Å². The third-order valence-electron chi connectivity index (χ3n) is 14.5. The predicted octanol–water partition coefficient (Wildman–Crippen LogP) is 2.76. The van der Waals surface area contributed by atoms with Crippen LogP contribution in [-0.2, 0) is 104 Å². The molecule has 0 aromatic heterocycles. The molecule has 0 aromatic carbocycles. The van der Waals surface area contributed by atoms with Gasteiger partial charge in [0, 0.05) is 47.3 Å². The summed E-state index contributed by atoms with van der Waals surface area (Å²) in [6.07, 6.45) is -5.43. The molecule has 0 bridgehead atoms. The lowest BCUT2D eigenvalue weighted by Gasteiger charge is -2.45. The van der Waals surface area contributed by atoms with E-state index in [-0.39, 0.29) is 57.8 Å². The number of ether oxygens (including phenoxy) is 7. The number of phosphoric ester groups is 1. The van der Waals surface area contributed by atoms with Gasteiger partial charge in [0.25, 0.3) is 0 Å². The van der Waals surface area contributed by atoms with Crippen LogP contribution in [0.4, 0.5) is 0 Å². The summed E-state index contributed by atoms with van der Waals surface area (Å²) in [4.78, 5) is 155. The molecule has 524 valence electrons. The average Bonchev–Trinajstić information content (AvgIpc) is 1.10. The third kappa shape index (κ3) is 24.5. The summed E-state index contributed by atoms with van der Waals surface area (Å²) in [5.74, 6) is -8.47. The Morgan fingerprint density at radius 2 is 1.10 bits per heavy atom. The van der Waals surface area contributed by atoms with Gasteiger partial charge in [-0.25, -0.2) is 9.36 Å². The molecule has 4 aliphatic rings. The number of esters is 4. The highest BCUT2D eigenvalue weighted by molar-refractivity contribution is 7.48. The number of nitrogens with two attached hydrogens (primary N) is 1. The standard InChI is InChI=1S/C61H103N8O22P/c1-33(2)29-39(50(74)65-40(31-84-92(81,90-60(14,15)16)91-61(17,18)19)53(77)67-26-20-23-42(67)52(76)66-41(30-83-58(8,9)10)56(80)89-59(11,12)13)64-51(75)43-24-21-27-68(43)54(78)44-25-22-28-69(44)55(79)46(62)34(3)85-57-47(63-35(4)70)49(87-38(7)73)48(86-37(6)72)45(88-57)32-82-36(5)71/h33-34,39-49,57H,20-32,62H2,1-19H3,(H,63,70)(H,64,75)(H,65,74)(H,66,76)/t34-,39+,40+,41+,42+,43+,44+,45-,46+,47-,48-,49-,57-/m1/s1. The Morgan fingerprint density at radius 3 is 1.59 bits per heavy atom. The first-order valence-electron chi connectivity index (χ1n) is 31.5. The Balaban J connectivity index is 1.61. The van der Waals surface area contributed by atoms with E-state index >= 15 is 4.79 Å². The van der Waals surface area contributed by atoms with Crippen molar-refractivity contribution in [2.45, 2.75) is 278 Å². The third-order valence-corrected chi connectivity index (χ3v) is 16.5. The van der Waals surface area contributed by atoms with E-state index in [2.05, 4.69) is 21.3 Å². The minimum Gasteiger partial charge on any atom is -0.463 e. The molecule has 13 atom stereocenters. The van der Waals surface area contributed by atoms with Crippen molar-refractivity contribution in [2.24, 2.45) is 11.7 Å². The van der Waals surface area contributed by atoms with Crippen molar-refractivity contribution in [3.63, 3.8) is 0 Å². The van der Waals surface area contributed by atoms with Gasteiger partial charge in [0.1, 0.15) is 60.6 Å². The number of nitrogens with one attached hydrogen (secondary N) is 4. The number of rotatable bonds is 27. The maximum atomic E-state index is 15.0. The molecule has 0 spiro atoms. The van der Waals surface area contributed by atoms with E-state index in [4.69, 9.17) is 52.5 Å². The zero-order chi connectivity index (χ0) is 69.8. The highest BCUT2D eigenvalue weighted by Crippen LogP contribution is 2.55. The summed E-state index contributed by atoms with van der Waals surface area (Å²) in [6, 6.07) is -10.6. The zero-order valence-corrected chi connectivity index (χ0v) is 58.0. The molecular formula is C61H103N8O22P. The maximum absolute atomic E-state index is 15.0. The van der Waals surface area contributed by atoms with Crippen LogP contribution in [0.5, 0.6) is 0 Å². The minimum absolute atomic E-state index is 0.0146. The van der Waals surface area contributed by atoms with Gasteiger partial charge in [-0.05, 0) is 141 Å². The molecular weight excluding hydrogens is 1230 g/mol. The SMILES string of the molecule is CC(=O)N[C@H]1[C@H](O[C@H](C)[C@H](N)C(=O)N2CCC[C@H]2C(=O)N2CCC[C@H]2C(=O)N[C@@H](CC(C)C)C(=O)N[C@@H](COP(=O)(OC(C)(C)C)OC(C)(C)C)C(=O)N2CCC[C@H]2C(=O)N[C@@H](COC(C)(C)C)C(=O)OC(C)(C)C)O[C@H](COC(C)=O)[C@@H](OC(C)=O)[C@@H]1OC(C)=O. The zero-order valence-electron chi connectivity index (χ0n) is 57.1. The number of hydrogen-bond acceptors (Lipinski definition) is 23. The molecule has 4 saturated heterocycles. The molecule has 6 N–H and O–H groups in total. The molecule has 31 heteroatoms. The summed E-state index contributed by atoms with van der Waals surface area (Å²) in [5.41, 5.74) is 2.76. The van der Waals surface area contributed by atoms with Gasteiger partial charge in [0.15, 0.2) is 24.5 Å². The maximum Gasteiger partial charge on any atom is 0.475 e. The van der Waals surface area contributed by atoms with Crippen LogP contribution in [0.2, 0.25) is 0 Å².